The zero-order valence-electron chi connectivity index (χ0n) is 29.1. The summed E-state index contributed by atoms with van der Waals surface area (Å²) in [5.41, 5.74) is 14.0. The molecule has 1 aromatic heterocycles. The Morgan fingerprint density at radius 2 is 0.538 bits per heavy atom. The zero-order valence-corrected chi connectivity index (χ0v) is 29.1. The number of rotatable bonds is 9. The Morgan fingerprint density at radius 1 is 0.269 bits per heavy atom. The van der Waals surface area contributed by atoms with Crippen LogP contribution < -0.4 is 10.6 Å². The minimum absolute atomic E-state index is 0.625. The van der Waals surface area contributed by atoms with Gasteiger partial charge in [-0.1, -0.05) is 127 Å². The van der Waals surface area contributed by atoms with E-state index in [9.17, 15) is 0 Å². The second-order valence-electron chi connectivity index (χ2n) is 12.7. The largest absolute Gasteiger partial charge is 0.388 e. The van der Waals surface area contributed by atoms with Crippen LogP contribution >= 0.6 is 0 Å². The van der Waals surface area contributed by atoms with Gasteiger partial charge in [0.2, 0.25) is 0 Å². The predicted octanol–water partition coefficient (Wildman–Crippen LogP) is 11.6. The van der Waals surface area contributed by atoms with Crippen LogP contribution in [0.5, 0.6) is 0 Å². The topological polar surface area (TPSA) is 62.7 Å². The molecule has 0 radical (unpaired) electrons. The summed E-state index contributed by atoms with van der Waals surface area (Å²) in [6, 6.07) is 61.2. The molecule has 5 nitrogen and oxygen atoms in total. The number of nitrogens with zero attached hydrogens (tertiary/aromatic N) is 3. The normalized spacial score (nSPS) is 10.9. The summed E-state index contributed by atoms with van der Waals surface area (Å²) in [4.78, 5) is 15.1. The Kier molecular flexibility index (Phi) is 9.06. The van der Waals surface area contributed by atoms with Crippen molar-refractivity contribution in [2.24, 2.45) is 0 Å². The molecule has 0 unspecified atom stereocenters. The molecule has 0 bridgehead atoms. The number of nitrogens with one attached hydrogen (secondary N) is 2. The van der Waals surface area contributed by atoms with E-state index in [0.717, 1.165) is 72.6 Å². The average Bonchev–Trinajstić information content (AvgIpc) is 3.24. The van der Waals surface area contributed by atoms with Crippen molar-refractivity contribution >= 4 is 11.4 Å². The third-order valence-electron chi connectivity index (χ3n) is 9.27. The SMILES string of the molecule is CNc1cccc(-c2cccc(-c3cccc(-c4nc(-c5ccccc5)nc(-c5cccc(-c6cccc(-c7cccc(NC)c7)c6)c5)n4)c3)c2)c1. The molecule has 0 aliphatic rings. The van der Waals surface area contributed by atoms with Crippen LogP contribution in [0.3, 0.4) is 0 Å². The predicted molar refractivity (Wildman–Crippen MR) is 217 cm³/mol. The molecule has 0 saturated carbocycles. The molecule has 8 aromatic rings. The first-order chi connectivity index (χ1) is 25.6. The summed E-state index contributed by atoms with van der Waals surface area (Å²) in [7, 11) is 3.89. The van der Waals surface area contributed by atoms with Gasteiger partial charge in [0.1, 0.15) is 0 Å². The highest BCUT2D eigenvalue weighted by Gasteiger charge is 2.14. The molecule has 0 atom stereocenters. The molecular weight excluding hydrogens is 635 g/mol. The van der Waals surface area contributed by atoms with E-state index in [-0.39, 0.29) is 0 Å². The molecule has 5 heteroatoms. The molecule has 1 heterocycles. The van der Waals surface area contributed by atoms with Gasteiger partial charge >= 0.3 is 0 Å². The van der Waals surface area contributed by atoms with E-state index >= 15 is 0 Å². The summed E-state index contributed by atoms with van der Waals surface area (Å²) < 4.78 is 0. The minimum atomic E-state index is 0.625. The molecule has 8 rings (SSSR count). The number of hydrogen-bond donors (Lipinski definition) is 2. The van der Waals surface area contributed by atoms with Gasteiger partial charge in [-0.2, -0.15) is 0 Å². The van der Waals surface area contributed by atoms with E-state index in [0.29, 0.717) is 17.5 Å². The van der Waals surface area contributed by atoms with Crippen LogP contribution in [0, 0.1) is 0 Å². The highest BCUT2D eigenvalue weighted by molar-refractivity contribution is 5.79. The maximum Gasteiger partial charge on any atom is 0.164 e. The van der Waals surface area contributed by atoms with Gasteiger partial charge in [-0.15, -0.1) is 0 Å². The molecule has 0 aliphatic carbocycles. The Labute approximate surface area is 304 Å². The van der Waals surface area contributed by atoms with E-state index in [1.165, 1.54) is 0 Å². The second kappa shape index (κ2) is 14.6. The lowest BCUT2D eigenvalue weighted by Crippen LogP contribution is -2.00. The maximum absolute atomic E-state index is 5.10. The summed E-state index contributed by atoms with van der Waals surface area (Å²) in [6.07, 6.45) is 0. The third kappa shape index (κ3) is 6.93. The van der Waals surface area contributed by atoms with Crippen LogP contribution in [0.15, 0.2) is 176 Å². The van der Waals surface area contributed by atoms with Crippen molar-refractivity contribution in [3.8, 4) is 78.7 Å². The van der Waals surface area contributed by atoms with Crippen molar-refractivity contribution in [1.82, 2.24) is 15.0 Å². The lowest BCUT2D eigenvalue weighted by Gasteiger charge is -2.12. The standard InChI is InChI=1S/C47H37N5/c1-48-43-24-10-20-39(30-43)35-16-6-14-33(26-35)37-18-8-22-41(28-37)46-50-45(32-12-4-3-5-13-32)51-47(52-46)42-23-9-19-38(29-42)34-15-7-17-36(27-34)40-21-11-25-44(31-40)49-2/h3-31,48-49H,1-2H3. The lowest BCUT2D eigenvalue weighted by molar-refractivity contribution is 1.07. The number of anilines is 2. The van der Waals surface area contributed by atoms with Gasteiger partial charge in [-0.05, 0) is 93.0 Å². The van der Waals surface area contributed by atoms with Crippen LogP contribution in [0.4, 0.5) is 11.4 Å². The Balaban J connectivity index is 1.18. The maximum atomic E-state index is 5.10. The van der Waals surface area contributed by atoms with Gasteiger partial charge in [-0.3, -0.25) is 0 Å². The van der Waals surface area contributed by atoms with Gasteiger partial charge in [-0.25, -0.2) is 15.0 Å². The fourth-order valence-electron chi connectivity index (χ4n) is 6.49. The molecule has 0 spiro atoms. The molecule has 0 saturated heterocycles. The Bertz CT molecular complexity index is 2350. The van der Waals surface area contributed by atoms with Gasteiger partial charge in [0.25, 0.3) is 0 Å². The van der Waals surface area contributed by atoms with E-state index < -0.39 is 0 Å². The zero-order chi connectivity index (χ0) is 35.3. The highest BCUT2D eigenvalue weighted by atomic mass is 15.0. The molecule has 7 aromatic carbocycles. The quantitative estimate of drug-likeness (QED) is 0.160. The van der Waals surface area contributed by atoms with Gasteiger partial charge < -0.3 is 10.6 Å². The van der Waals surface area contributed by atoms with E-state index in [1.54, 1.807) is 0 Å². The van der Waals surface area contributed by atoms with Crippen molar-refractivity contribution in [3.05, 3.63) is 176 Å². The van der Waals surface area contributed by atoms with Crippen molar-refractivity contribution < 1.29 is 0 Å². The van der Waals surface area contributed by atoms with Crippen LogP contribution in [0.2, 0.25) is 0 Å². The molecule has 0 aliphatic heterocycles. The van der Waals surface area contributed by atoms with Crippen LogP contribution in [-0.2, 0) is 0 Å². The molecule has 52 heavy (non-hydrogen) atoms. The lowest BCUT2D eigenvalue weighted by atomic mass is 9.97. The van der Waals surface area contributed by atoms with Crippen LogP contribution in [0.1, 0.15) is 0 Å². The first-order valence-corrected chi connectivity index (χ1v) is 17.4. The second-order valence-corrected chi connectivity index (χ2v) is 12.7. The summed E-state index contributed by atoms with van der Waals surface area (Å²) >= 11 is 0. The van der Waals surface area contributed by atoms with Crippen molar-refractivity contribution in [2.75, 3.05) is 24.7 Å². The van der Waals surface area contributed by atoms with Crippen molar-refractivity contribution in [2.45, 2.75) is 0 Å². The minimum Gasteiger partial charge on any atom is -0.388 e. The van der Waals surface area contributed by atoms with Gasteiger partial charge in [0, 0.05) is 42.2 Å². The molecule has 0 fully saturated rings. The summed E-state index contributed by atoms with van der Waals surface area (Å²) in [5, 5.41) is 6.49. The van der Waals surface area contributed by atoms with Crippen molar-refractivity contribution in [1.29, 1.82) is 0 Å². The number of hydrogen-bond acceptors (Lipinski definition) is 5. The third-order valence-corrected chi connectivity index (χ3v) is 9.27. The molecule has 250 valence electrons. The monoisotopic (exact) mass is 671 g/mol. The van der Waals surface area contributed by atoms with Gasteiger partial charge in [0.15, 0.2) is 17.5 Å². The average molecular weight is 672 g/mol. The van der Waals surface area contributed by atoms with Crippen LogP contribution in [-0.4, -0.2) is 29.0 Å². The Morgan fingerprint density at radius 3 is 0.904 bits per heavy atom. The van der Waals surface area contributed by atoms with E-state index in [2.05, 4.69) is 156 Å². The first-order valence-electron chi connectivity index (χ1n) is 17.4. The number of benzene rings is 7. The number of aromatic nitrogens is 3. The molecule has 2 N–H and O–H groups in total. The first kappa shape index (κ1) is 32.4. The molecular formula is C47H37N5. The molecule has 0 amide bonds. The fourth-order valence-corrected chi connectivity index (χ4v) is 6.49. The van der Waals surface area contributed by atoms with E-state index in [1.807, 2.05) is 44.4 Å². The Hall–Kier alpha value is -6.85. The highest BCUT2D eigenvalue weighted by Crippen LogP contribution is 2.33. The summed E-state index contributed by atoms with van der Waals surface area (Å²) in [6.45, 7) is 0. The van der Waals surface area contributed by atoms with E-state index in [4.69, 9.17) is 15.0 Å². The van der Waals surface area contributed by atoms with Crippen molar-refractivity contribution in [3.63, 3.8) is 0 Å². The smallest absolute Gasteiger partial charge is 0.164 e. The van der Waals surface area contributed by atoms with Gasteiger partial charge in [0.05, 0.1) is 0 Å². The summed E-state index contributed by atoms with van der Waals surface area (Å²) in [5.74, 6) is 1.88. The fraction of sp³-hybridized carbons (Fsp3) is 0.0426. The van der Waals surface area contributed by atoms with Crippen LogP contribution in [0.25, 0.3) is 78.7 Å².